The Balaban J connectivity index is 4.09. The van der Waals surface area contributed by atoms with E-state index < -0.39 is 0 Å². The van der Waals surface area contributed by atoms with Gasteiger partial charge in [0.05, 0.1) is 0 Å². The Kier molecular flexibility index (Phi) is 81.0. The first-order valence-corrected chi connectivity index (χ1v) is 24.0. The Morgan fingerprint density at radius 2 is 0.219 bits per heavy atom. The Labute approximate surface area is 483 Å². The molecule has 0 aromatic carbocycles. The topological polar surface area (TPSA) is 9.23 Å². The fourth-order valence-electron chi connectivity index (χ4n) is 4.42. The molecule has 0 aromatic rings. The van der Waals surface area contributed by atoms with E-state index in [0.717, 1.165) is 0 Å². The molecule has 1 nitrogen and oxygen atoms in total. The van der Waals surface area contributed by atoms with Crippen LogP contribution in [0.25, 0.3) is 0 Å². The molecule has 226 valence electrons. The van der Waals surface area contributed by atoms with Gasteiger partial charge < -0.3 is 0 Å². The normalized spacial score (nSPS) is 7.85. The third-order valence-corrected chi connectivity index (χ3v) is 7.77. The predicted molar refractivity (Wildman–Crippen MR) is 416 cm³/mol. The molecule has 0 aliphatic rings. The zero-order chi connectivity index (χ0) is 52.2. The van der Waals surface area contributed by atoms with Gasteiger partial charge in [-0.1, -0.05) is 0 Å². The van der Waals surface area contributed by atoms with Crippen LogP contribution in [0.1, 0.15) is 0 Å². The van der Waals surface area contributed by atoms with Gasteiger partial charge in [-0.15, -0.1) is 0 Å². The zero-order valence-electron chi connectivity index (χ0n) is 42.4. The second-order valence-corrected chi connectivity index (χ2v) is 13.7. The van der Waals surface area contributed by atoms with Crippen molar-refractivity contribution < 1.29 is 4.65 Å². The average Bonchev–Trinajstić information content (AvgIpc) is 3.40. The van der Waals surface area contributed by atoms with E-state index in [0.29, 0.717) is 0 Å². The molecule has 0 aliphatic heterocycles. The zero-order valence-corrected chi connectivity index (χ0v) is 42.4. The van der Waals surface area contributed by atoms with Crippen LogP contribution in [0.5, 0.6) is 0 Å². The third kappa shape index (κ3) is 76.4. The van der Waals surface area contributed by atoms with Gasteiger partial charge in [0.25, 0.3) is 0 Å². The maximum atomic E-state index is 5.26. The van der Waals surface area contributed by atoms with E-state index in [1.807, 2.05) is 448 Å². The first-order chi connectivity index (χ1) is 36.4. The number of hydrogen-bond acceptors (Lipinski definition) is 1. The molecule has 0 fully saturated rings. The summed E-state index contributed by atoms with van der Waals surface area (Å²) in [6.45, 7) is 136. The minimum absolute atomic E-state index is 1.50. The summed E-state index contributed by atoms with van der Waals surface area (Å²) in [5.41, 5.74) is 0. The van der Waals surface area contributed by atoms with Crippen LogP contribution in [0.3, 0.4) is 0 Å². The fraction of sp³-hybridized carbons (Fsp3) is 1.00. The molecule has 0 aliphatic carbocycles. The summed E-state index contributed by atoms with van der Waals surface area (Å²) in [7, 11) is 8.51. The molecule has 2 radical (unpaired) electrons. The molecular formula is CH3B71O. The number of hydrogen-bond donors (Lipinski definition) is 0. The molecule has 0 amide bonds. The quantitative estimate of drug-likeness (QED) is 0.0581. The molecule has 0 unspecified atom stereocenters. The van der Waals surface area contributed by atoms with Crippen LogP contribution in [0.15, 0.2) is 0 Å². The van der Waals surface area contributed by atoms with Gasteiger partial charge in [0.15, 0.2) is 0 Å². The van der Waals surface area contributed by atoms with E-state index in [1.54, 1.807) is 20.8 Å². The molecule has 0 spiro atoms. The van der Waals surface area contributed by atoms with Crippen LogP contribution in [-0.4, -0.2) is 484 Å². The van der Waals surface area contributed by atoms with Crippen molar-refractivity contribution in [2.24, 2.45) is 0 Å². The maximum absolute atomic E-state index is 5.26. The molecular weight excluding hydrogens is 796 g/mol. The Bertz CT molecular complexity index is 2500. The molecule has 72 heteroatoms. The van der Waals surface area contributed by atoms with Crippen molar-refractivity contribution in [1.29, 1.82) is 0 Å². The molecule has 0 aromatic heterocycles. The van der Waals surface area contributed by atoms with Gasteiger partial charge in [0.2, 0.25) is 0 Å². The molecule has 0 N–H and O–H groups in total. The molecule has 0 rings (SSSR count). The summed E-state index contributed by atoms with van der Waals surface area (Å²) in [6.07, 6.45) is 0. The van der Waals surface area contributed by atoms with Crippen LogP contribution in [0.2, 0.25) is 0 Å². The molecule has 73 heavy (non-hydrogen) atoms. The molecule has 0 saturated heterocycles. The monoisotopic (exact) mass is 813 g/mol. The Morgan fingerprint density at radius 3 is 0.301 bits per heavy atom. The van der Waals surface area contributed by atoms with Crippen molar-refractivity contribution >= 4 is 477 Å². The van der Waals surface area contributed by atoms with Crippen molar-refractivity contribution in [3.8, 4) is 0 Å². The van der Waals surface area contributed by atoms with Gasteiger partial charge in [0.1, 0.15) is 0 Å². The van der Waals surface area contributed by atoms with E-state index in [9.17, 15) is 0 Å². The summed E-state index contributed by atoms with van der Waals surface area (Å²) >= 11 is 0. The van der Waals surface area contributed by atoms with Crippen LogP contribution >= 0.6 is 0 Å². The summed E-state index contributed by atoms with van der Waals surface area (Å²) in [4.78, 5) is 0. The van der Waals surface area contributed by atoms with Crippen molar-refractivity contribution in [3.05, 3.63) is 0 Å². The van der Waals surface area contributed by atoms with Gasteiger partial charge in [-0.2, -0.15) is 0 Å². The SMILES string of the molecule is [B]B=BB=BB=BB=BB=BB=BB=BB=BB=BB=BB=BB=BB=BB=BB=BB=BB=BB=BB=BB=BB=BB=BB=BB=BB=BB=BB=BB=BB=BB=BB=BB=BB=BB=BB=BOC. The Hall–Kier alpha value is 4.41. The Morgan fingerprint density at radius 1 is 0.137 bits per heavy atom. The average molecular weight is 799 g/mol. The van der Waals surface area contributed by atoms with Crippen molar-refractivity contribution in [1.82, 2.24) is 0 Å². The van der Waals surface area contributed by atoms with Crippen LogP contribution in [-0.2, 0) is 4.65 Å². The summed E-state index contributed by atoms with van der Waals surface area (Å²) in [5.74, 6) is 0. The van der Waals surface area contributed by atoms with Crippen molar-refractivity contribution in [2.75, 3.05) is 7.11 Å². The third-order valence-electron chi connectivity index (χ3n) is 7.77. The fourth-order valence-corrected chi connectivity index (χ4v) is 4.42. The first kappa shape index (κ1) is 77.4. The van der Waals surface area contributed by atoms with Gasteiger partial charge in [-0.3, -0.25) is 0 Å². The van der Waals surface area contributed by atoms with E-state index in [2.05, 4.69) is 0 Å². The van der Waals surface area contributed by atoms with Gasteiger partial charge in [-0.05, 0) is 0 Å². The second-order valence-electron chi connectivity index (χ2n) is 13.7. The van der Waals surface area contributed by atoms with E-state index >= 15 is 0 Å². The second kappa shape index (κ2) is 76.4. The van der Waals surface area contributed by atoms with Gasteiger partial charge in [0, 0.05) is 0 Å². The van der Waals surface area contributed by atoms with Crippen LogP contribution < -0.4 is 0 Å². The van der Waals surface area contributed by atoms with Crippen molar-refractivity contribution in [3.63, 3.8) is 0 Å². The van der Waals surface area contributed by atoms with E-state index in [4.69, 9.17) is 12.4 Å². The summed E-state index contributed by atoms with van der Waals surface area (Å²) in [5, 5.41) is 0. The predicted octanol–water partition coefficient (Wildman–Crippen LogP) is -26.9. The van der Waals surface area contributed by atoms with Crippen LogP contribution in [0, 0.1) is 0 Å². The summed E-state index contributed by atoms with van der Waals surface area (Å²) in [6, 6.07) is 0. The summed E-state index contributed by atoms with van der Waals surface area (Å²) < 4.78 is 4.82. The molecule has 0 saturated carbocycles. The van der Waals surface area contributed by atoms with Gasteiger partial charge >= 0.3 is 488 Å². The first-order valence-electron chi connectivity index (χ1n) is 24.0. The van der Waals surface area contributed by atoms with E-state index in [-0.39, 0.29) is 0 Å². The van der Waals surface area contributed by atoms with Crippen LogP contribution in [0.4, 0.5) is 0 Å². The molecule has 0 heterocycles. The van der Waals surface area contributed by atoms with Gasteiger partial charge in [-0.25, -0.2) is 0 Å². The van der Waals surface area contributed by atoms with Crippen molar-refractivity contribution in [2.45, 2.75) is 0 Å². The standard InChI is InChI=1S/CH3B71O/c1-73-72-71-70-69-68-67-66-65-64-63-62-61-60-59-58-57-56-55-54-53-52-51-50-49-48-47-46-45-44-43-42-41-40-39-38-37-36-35-34-33-32-31-30-29-28-27-26-25-24-23-22-21-20-19-18-17-16-15-14-13-12-11-10-9-8-7-6-5-4-3-2/h1H3. The minimum atomic E-state index is 1.50. The van der Waals surface area contributed by atoms with E-state index in [1.165, 1.54) is 6.69 Å². The molecule has 0 bridgehead atoms. The molecule has 0 atom stereocenters. The number of rotatable bonds is 35.